The van der Waals surface area contributed by atoms with E-state index in [1.165, 1.54) is 37.5 Å². The number of methoxy groups -OCH3 is 1. The number of benzene rings is 2. The van der Waals surface area contributed by atoms with Crippen LogP contribution in [0.4, 0.5) is 10.5 Å². The molecule has 5 N–H and O–H groups in total. The van der Waals surface area contributed by atoms with Crippen molar-refractivity contribution in [3.63, 3.8) is 0 Å². The summed E-state index contributed by atoms with van der Waals surface area (Å²) < 4.78 is 10.6. The maximum Gasteiger partial charge on any atom is 0.412 e. The van der Waals surface area contributed by atoms with E-state index in [2.05, 4.69) is 34.4 Å². The van der Waals surface area contributed by atoms with Crippen molar-refractivity contribution < 1.29 is 33.8 Å². The number of pyridine rings is 1. The Morgan fingerprint density at radius 3 is 2.32 bits per heavy atom. The molecule has 0 saturated heterocycles. The third-order valence-electron chi connectivity index (χ3n) is 7.59. The molecule has 0 atom stereocenters. The monoisotopic (exact) mass is 725 g/mol. The minimum absolute atomic E-state index is 0.0483. The molecular formula is C36H41Cl2N5O7. The van der Waals surface area contributed by atoms with Gasteiger partial charge in [-0.1, -0.05) is 38.8 Å². The largest absolute Gasteiger partial charge is 0.496 e. The highest BCUT2D eigenvalue weighted by atomic mass is 35.5. The first-order chi connectivity index (χ1) is 24.1. The predicted octanol–water partition coefficient (Wildman–Crippen LogP) is 7.54. The fourth-order valence-electron chi connectivity index (χ4n) is 4.78. The maximum absolute atomic E-state index is 13.7. The number of hydrogen-bond acceptors (Lipinski definition) is 8. The molecule has 14 heteroatoms. The SMILES string of the molecule is C=Cc1cc(C(=O)Nc2ccc(C(=N)NC(=O)OCCCCCC)cc2)c(-c2ccc(C(=O)NCC3CC3)nc2C(=O)O)cc1OC.ClCCl. The van der Waals surface area contributed by atoms with Crippen molar-refractivity contribution >= 4 is 64.7 Å². The normalized spacial score (nSPS) is 11.7. The molecule has 0 unspecified atom stereocenters. The molecule has 1 heterocycles. The Morgan fingerprint density at radius 1 is 1.02 bits per heavy atom. The summed E-state index contributed by atoms with van der Waals surface area (Å²) in [5.41, 5.74) is 1.26. The average molecular weight is 727 g/mol. The third kappa shape index (κ3) is 11.6. The highest BCUT2D eigenvalue weighted by Gasteiger charge is 2.25. The number of halogens is 2. The fourth-order valence-corrected chi connectivity index (χ4v) is 4.78. The maximum atomic E-state index is 13.7. The van der Waals surface area contributed by atoms with Gasteiger partial charge < -0.3 is 25.2 Å². The van der Waals surface area contributed by atoms with Gasteiger partial charge in [0.2, 0.25) is 0 Å². The summed E-state index contributed by atoms with van der Waals surface area (Å²) in [5, 5.41) is 26.4. The Bertz CT molecular complexity index is 1690. The molecule has 1 saturated carbocycles. The Hall–Kier alpha value is -4.94. The number of carboxylic acid groups (broad SMARTS) is 1. The molecule has 50 heavy (non-hydrogen) atoms. The summed E-state index contributed by atoms with van der Waals surface area (Å²) in [5.74, 6) is -1.79. The van der Waals surface area contributed by atoms with Crippen LogP contribution in [0.1, 0.15) is 87.9 Å². The smallest absolute Gasteiger partial charge is 0.412 e. The lowest BCUT2D eigenvalue weighted by atomic mass is 9.94. The predicted molar refractivity (Wildman–Crippen MR) is 195 cm³/mol. The van der Waals surface area contributed by atoms with Gasteiger partial charge >= 0.3 is 12.1 Å². The van der Waals surface area contributed by atoms with Crippen LogP contribution in [0.25, 0.3) is 17.2 Å². The van der Waals surface area contributed by atoms with Gasteiger partial charge in [0.15, 0.2) is 5.69 Å². The number of aromatic nitrogens is 1. The van der Waals surface area contributed by atoms with Crippen molar-refractivity contribution in [1.82, 2.24) is 15.6 Å². The number of unbranched alkanes of at least 4 members (excludes halogenated alkanes) is 3. The van der Waals surface area contributed by atoms with E-state index in [0.717, 1.165) is 38.5 Å². The number of anilines is 1. The summed E-state index contributed by atoms with van der Waals surface area (Å²) in [6, 6.07) is 12.2. The van der Waals surface area contributed by atoms with Gasteiger partial charge in [0, 0.05) is 40.0 Å². The first kappa shape index (κ1) is 39.5. The van der Waals surface area contributed by atoms with Crippen LogP contribution < -0.4 is 20.7 Å². The molecular weight excluding hydrogens is 685 g/mol. The molecule has 0 radical (unpaired) electrons. The number of amidine groups is 1. The molecule has 0 spiro atoms. The summed E-state index contributed by atoms with van der Waals surface area (Å²) in [6.45, 7) is 6.65. The summed E-state index contributed by atoms with van der Waals surface area (Å²) >= 11 is 9.53. The van der Waals surface area contributed by atoms with Gasteiger partial charge in [0.25, 0.3) is 11.8 Å². The van der Waals surface area contributed by atoms with Crippen molar-refractivity contribution in [3.8, 4) is 16.9 Å². The number of hydrogen-bond donors (Lipinski definition) is 5. The fraction of sp³-hybridized carbons (Fsp3) is 0.333. The molecule has 4 rings (SSSR count). The van der Waals surface area contributed by atoms with Crippen molar-refractivity contribution in [3.05, 3.63) is 83.2 Å². The standard InChI is InChI=1S/C35H39N5O7.CH2Cl2/c1-4-6-7-8-17-47-35(45)40-31(36)23-11-13-24(14-12-23)38-32(41)27-18-22(5-2)29(46-3)19-26(27)25-15-16-28(39-30(25)34(43)44)33(42)37-20-21-9-10-21;2-1-3/h5,11-16,18-19,21H,2,4,6-10,17,20H2,1,3H3,(H,37,42)(H,38,41)(H,43,44)(H2,36,40,45);1H2. The minimum Gasteiger partial charge on any atom is -0.496 e. The number of carbonyl (C=O) groups is 4. The van der Waals surface area contributed by atoms with E-state index in [1.807, 2.05) is 0 Å². The number of aromatic carboxylic acids is 1. The molecule has 0 aliphatic heterocycles. The molecule has 1 aromatic heterocycles. The van der Waals surface area contributed by atoms with E-state index < -0.39 is 29.6 Å². The summed E-state index contributed by atoms with van der Waals surface area (Å²) in [4.78, 5) is 54.9. The zero-order valence-corrected chi connectivity index (χ0v) is 29.5. The first-order valence-electron chi connectivity index (χ1n) is 16.0. The first-order valence-corrected chi connectivity index (χ1v) is 17.1. The molecule has 3 amide bonds. The van der Waals surface area contributed by atoms with Gasteiger partial charge in [0.05, 0.1) is 19.1 Å². The molecule has 1 aliphatic rings. The van der Waals surface area contributed by atoms with Gasteiger partial charge in [0.1, 0.15) is 17.3 Å². The van der Waals surface area contributed by atoms with Crippen LogP contribution in [0.2, 0.25) is 0 Å². The van der Waals surface area contributed by atoms with Gasteiger partial charge in [-0.3, -0.25) is 20.3 Å². The Balaban J connectivity index is 0.00000217. The quantitative estimate of drug-likeness (QED) is 0.0461. The number of carbonyl (C=O) groups excluding carboxylic acids is 3. The van der Waals surface area contributed by atoms with Crippen LogP contribution in [-0.2, 0) is 4.74 Å². The average Bonchev–Trinajstić information content (AvgIpc) is 3.95. The lowest BCUT2D eigenvalue weighted by Crippen LogP contribution is -2.31. The number of amides is 3. The van der Waals surface area contributed by atoms with E-state index in [-0.39, 0.29) is 40.2 Å². The third-order valence-corrected chi connectivity index (χ3v) is 7.59. The lowest BCUT2D eigenvalue weighted by Gasteiger charge is -2.16. The number of ether oxygens (including phenoxy) is 2. The molecule has 12 nitrogen and oxygen atoms in total. The molecule has 3 aromatic rings. The number of carboxylic acids is 1. The summed E-state index contributed by atoms with van der Waals surface area (Å²) in [6.07, 6.45) is 6.73. The Kier molecular flexibility index (Phi) is 15.7. The van der Waals surface area contributed by atoms with Crippen LogP contribution in [0.5, 0.6) is 5.75 Å². The lowest BCUT2D eigenvalue weighted by molar-refractivity contribution is 0.0690. The molecule has 266 valence electrons. The second kappa shape index (κ2) is 19.9. The van der Waals surface area contributed by atoms with Gasteiger partial charge in [-0.25, -0.2) is 14.6 Å². The van der Waals surface area contributed by atoms with Crippen molar-refractivity contribution in [2.75, 3.05) is 30.9 Å². The van der Waals surface area contributed by atoms with Crippen LogP contribution >= 0.6 is 23.2 Å². The molecule has 2 aromatic carbocycles. The second-order valence-electron chi connectivity index (χ2n) is 11.2. The highest BCUT2D eigenvalue weighted by molar-refractivity contribution is 6.40. The zero-order chi connectivity index (χ0) is 36.6. The molecule has 1 aliphatic carbocycles. The summed E-state index contributed by atoms with van der Waals surface area (Å²) in [7, 11) is 1.44. The van der Waals surface area contributed by atoms with Gasteiger partial charge in [-0.15, -0.1) is 23.2 Å². The van der Waals surface area contributed by atoms with Crippen molar-refractivity contribution in [1.29, 1.82) is 5.41 Å². The topological polar surface area (TPSA) is 180 Å². The highest BCUT2D eigenvalue weighted by Crippen LogP contribution is 2.34. The van der Waals surface area contributed by atoms with Gasteiger partial charge in [-0.2, -0.15) is 0 Å². The number of rotatable bonds is 15. The number of alkyl halides is 2. The molecule has 1 fully saturated rings. The van der Waals surface area contributed by atoms with Crippen molar-refractivity contribution in [2.24, 2.45) is 5.92 Å². The Labute approximate surface area is 301 Å². The number of nitrogens with one attached hydrogen (secondary N) is 4. The van der Waals surface area contributed by atoms with Crippen LogP contribution in [0, 0.1) is 11.3 Å². The number of nitrogens with zero attached hydrogens (tertiary/aromatic N) is 1. The number of alkyl carbamates (subject to hydrolysis) is 1. The second-order valence-corrected chi connectivity index (χ2v) is 12.0. The zero-order valence-electron chi connectivity index (χ0n) is 27.9. The van der Waals surface area contributed by atoms with Crippen molar-refractivity contribution in [2.45, 2.75) is 45.4 Å². The minimum atomic E-state index is -1.37. The van der Waals surface area contributed by atoms with E-state index in [4.69, 9.17) is 38.1 Å². The van der Waals surface area contributed by atoms with Crippen LogP contribution in [0.15, 0.2) is 55.1 Å². The van der Waals surface area contributed by atoms with Crippen LogP contribution in [-0.4, -0.2) is 65.4 Å². The van der Waals surface area contributed by atoms with E-state index in [9.17, 15) is 24.3 Å². The van der Waals surface area contributed by atoms with Crippen LogP contribution in [0.3, 0.4) is 0 Å². The molecule has 0 bridgehead atoms. The Morgan fingerprint density at radius 2 is 1.72 bits per heavy atom. The van der Waals surface area contributed by atoms with E-state index in [1.54, 1.807) is 24.3 Å². The van der Waals surface area contributed by atoms with E-state index >= 15 is 0 Å². The van der Waals surface area contributed by atoms with Gasteiger partial charge in [-0.05, 0) is 73.7 Å². The van der Waals surface area contributed by atoms with E-state index in [0.29, 0.717) is 35.0 Å².